The first-order chi connectivity index (χ1) is 9.38. The van der Waals surface area contributed by atoms with E-state index >= 15 is 0 Å². The minimum absolute atomic E-state index is 0.999. The minimum Gasteiger partial charge on any atom is -0.341 e. The number of H-pyrrole nitrogens is 1. The number of aromatic nitrogens is 3. The summed E-state index contributed by atoms with van der Waals surface area (Å²) < 4.78 is 0. The molecular weight excluding hydrogens is 234 g/mol. The van der Waals surface area contributed by atoms with Crippen molar-refractivity contribution in [2.45, 2.75) is 26.2 Å². The summed E-state index contributed by atoms with van der Waals surface area (Å²) in [5, 5.41) is 0. The monoisotopic (exact) mass is 251 g/mol. The number of fused-ring (bicyclic) bond motifs is 1. The van der Waals surface area contributed by atoms with Gasteiger partial charge in [-0.2, -0.15) is 0 Å². The molecule has 0 radical (unpaired) electrons. The lowest BCUT2D eigenvalue weighted by Gasteiger charge is -2.00. The van der Waals surface area contributed by atoms with Crippen LogP contribution in [0.5, 0.6) is 0 Å². The van der Waals surface area contributed by atoms with Crippen LogP contribution in [-0.4, -0.2) is 15.0 Å². The highest BCUT2D eigenvalue weighted by molar-refractivity contribution is 5.90. The third kappa shape index (κ3) is 2.36. The van der Waals surface area contributed by atoms with E-state index in [0.717, 1.165) is 40.8 Å². The maximum absolute atomic E-state index is 4.73. The number of nitrogens with one attached hydrogen (secondary N) is 1. The summed E-state index contributed by atoms with van der Waals surface area (Å²) in [5.74, 6) is 1.06. The maximum Gasteiger partial charge on any atom is 0.107 e. The van der Waals surface area contributed by atoms with E-state index in [1.807, 2.05) is 30.6 Å². The van der Waals surface area contributed by atoms with Gasteiger partial charge in [0.1, 0.15) is 5.82 Å². The van der Waals surface area contributed by atoms with Crippen LogP contribution < -0.4 is 0 Å². The Hall–Kier alpha value is -2.16. The van der Waals surface area contributed by atoms with E-state index < -0.39 is 0 Å². The molecule has 0 aliphatic heterocycles. The molecule has 0 atom stereocenters. The second-order valence-electron chi connectivity index (χ2n) is 4.74. The van der Waals surface area contributed by atoms with Crippen molar-refractivity contribution >= 4 is 11.0 Å². The third-order valence-electron chi connectivity index (χ3n) is 3.30. The number of benzene rings is 1. The summed E-state index contributed by atoms with van der Waals surface area (Å²) in [5.41, 5.74) is 4.30. The number of nitrogens with zero attached hydrogens (tertiary/aromatic N) is 2. The molecule has 0 spiro atoms. The minimum atomic E-state index is 0.999. The summed E-state index contributed by atoms with van der Waals surface area (Å²) in [6, 6.07) is 10.3. The van der Waals surface area contributed by atoms with Crippen molar-refractivity contribution in [2.24, 2.45) is 0 Å². The summed E-state index contributed by atoms with van der Waals surface area (Å²) in [4.78, 5) is 12.4. The summed E-state index contributed by atoms with van der Waals surface area (Å²) in [7, 11) is 0. The Morgan fingerprint density at radius 1 is 1.11 bits per heavy atom. The molecule has 0 aliphatic rings. The molecule has 3 heteroatoms. The predicted molar refractivity (Wildman–Crippen MR) is 77.9 cm³/mol. The highest BCUT2D eigenvalue weighted by Gasteiger charge is 2.09. The molecule has 3 nitrogen and oxygen atoms in total. The topological polar surface area (TPSA) is 41.6 Å². The molecule has 96 valence electrons. The Morgan fingerprint density at radius 3 is 2.74 bits per heavy atom. The Balaban J connectivity index is 2.08. The highest BCUT2D eigenvalue weighted by atomic mass is 14.9. The highest BCUT2D eigenvalue weighted by Crippen LogP contribution is 2.26. The number of unbranched alkanes of at least 4 members (excludes halogenated alkanes) is 1. The normalized spacial score (nSPS) is 11.0. The molecule has 0 saturated heterocycles. The van der Waals surface area contributed by atoms with Crippen molar-refractivity contribution in [3.05, 3.63) is 48.5 Å². The van der Waals surface area contributed by atoms with E-state index in [-0.39, 0.29) is 0 Å². The molecule has 0 amide bonds. The lowest BCUT2D eigenvalue weighted by Crippen LogP contribution is -1.86. The van der Waals surface area contributed by atoms with Crippen LogP contribution in [0, 0.1) is 0 Å². The van der Waals surface area contributed by atoms with Crippen LogP contribution in [0.1, 0.15) is 25.6 Å². The molecule has 3 aromatic rings. The van der Waals surface area contributed by atoms with Crippen molar-refractivity contribution in [1.29, 1.82) is 0 Å². The fraction of sp³-hybridized carbons (Fsp3) is 0.250. The van der Waals surface area contributed by atoms with Crippen LogP contribution in [0.25, 0.3) is 22.2 Å². The van der Waals surface area contributed by atoms with Gasteiger partial charge in [-0.3, -0.25) is 4.98 Å². The molecule has 0 aliphatic carbocycles. The Labute approximate surface area is 112 Å². The van der Waals surface area contributed by atoms with Gasteiger partial charge < -0.3 is 4.98 Å². The van der Waals surface area contributed by atoms with Crippen LogP contribution in [0.4, 0.5) is 0 Å². The van der Waals surface area contributed by atoms with Gasteiger partial charge >= 0.3 is 0 Å². The first kappa shape index (κ1) is 11.9. The average Bonchev–Trinajstić information content (AvgIpc) is 2.88. The standard InChI is InChI=1S/C16H17N3/c1-2-3-9-15-18-14-11-17-10-13(16(14)19-15)12-7-5-4-6-8-12/h4-8,10-11H,2-3,9H2,1H3,(H,18,19). The number of pyridine rings is 1. The first-order valence-electron chi connectivity index (χ1n) is 6.76. The second-order valence-corrected chi connectivity index (χ2v) is 4.74. The Kier molecular flexibility index (Phi) is 3.27. The molecule has 0 unspecified atom stereocenters. The molecule has 0 saturated carbocycles. The third-order valence-corrected chi connectivity index (χ3v) is 3.30. The van der Waals surface area contributed by atoms with Gasteiger partial charge in [-0.1, -0.05) is 43.7 Å². The molecule has 0 bridgehead atoms. The van der Waals surface area contributed by atoms with Crippen LogP contribution in [0.2, 0.25) is 0 Å². The largest absolute Gasteiger partial charge is 0.341 e. The Bertz CT molecular complexity index is 671. The van der Waals surface area contributed by atoms with E-state index in [9.17, 15) is 0 Å². The number of aromatic amines is 1. The second kappa shape index (κ2) is 5.22. The summed E-state index contributed by atoms with van der Waals surface area (Å²) in [6.07, 6.45) is 7.08. The zero-order chi connectivity index (χ0) is 13.1. The van der Waals surface area contributed by atoms with Gasteiger partial charge in [-0.25, -0.2) is 4.98 Å². The van der Waals surface area contributed by atoms with Crippen molar-refractivity contribution in [1.82, 2.24) is 15.0 Å². The van der Waals surface area contributed by atoms with Gasteiger partial charge in [-0.15, -0.1) is 0 Å². The fourth-order valence-electron chi connectivity index (χ4n) is 2.28. The molecular formula is C16H17N3. The van der Waals surface area contributed by atoms with Crippen molar-refractivity contribution in [3.63, 3.8) is 0 Å². The average molecular weight is 251 g/mol. The van der Waals surface area contributed by atoms with Gasteiger partial charge in [-0.05, 0) is 12.0 Å². The molecule has 0 fully saturated rings. The number of hydrogen-bond donors (Lipinski definition) is 1. The van der Waals surface area contributed by atoms with E-state index in [2.05, 4.69) is 29.0 Å². The molecule has 2 aromatic heterocycles. The van der Waals surface area contributed by atoms with E-state index in [0.29, 0.717) is 0 Å². The first-order valence-corrected chi connectivity index (χ1v) is 6.76. The molecule has 1 aromatic carbocycles. The van der Waals surface area contributed by atoms with E-state index in [1.165, 1.54) is 6.42 Å². The van der Waals surface area contributed by atoms with Crippen molar-refractivity contribution in [2.75, 3.05) is 0 Å². The zero-order valence-electron chi connectivity index (χ0n) is 11.1. The van der Waals surface area contributed by atoms with Crippen LogP contribution in [0.15, 0.2) is 42.7 Å². The SMILES string of the molecule is CCCCc1nc2c(-c3ccccc3)cncc2[nH]1. The summed E-state index contributed by atoms with van der Waals surface area (Å²) >= 11 is 0. The number of hydrogen-bond acceptors (Lipinski definition) is 2. The zero-order valence-corrected chi connectivity index (χ0v) is 11.1. The van der Waals surface area contributed by atoms with Crippen molar-refractivity contribution in [3.8, 4) is 11.1 Å². The number of rotatable bonds is 4. The summed E-state index contributed by atoms with van der Waals surface area (Å²) in [6.45, 7) is 2.19. The van der Waals surface area contributed by atoms with E-state index in [1.54, 1.807) is 0 Å². The lowest BCUT2D eigenvalue weighted by atomic mass is 10.1. The Morgan fingerprint density at radius 2 is 1.95 bits per heavy atom. The smallest absolute Gasteiger partial charge is 0.107 e. The van der Waals surface area contributed by atoms with Crippen molar-refractivity contribution < 1.29 is 0 Å². The lowest BCUT2D eigenvalue weighted by molar-refractivity contribution is 0.765. The van der Waals surface area contributed by atoms with Gasteiger partial charge in [0, 0.05) is 18.2 Å². The fourth-order valence-corrected chi connectivity index (χ4v) is 2.28. The van der Waals surface area contributed by atoms with Gasteiger partial charge in [0.15, 0.2) is 0 Å². The number of imidazole rings is 1. The van der Waals surface area contributed by atoms with Crippen LogP contribution in [-0.2, 0) is 6.42 Å². The van der Waals surface area contributed by atoms with Crippen LogP contribution in [0.3, 0.4) is 0 Å². The molecule has 1 N–H and O–H groups in total. The van der Waals surface area contributed by atoms with Gasteiger partial charge in [0.05, 0.1) is 17.2 Å². The van der Waals surface area contributed by atoms with E-state index in [4.69, 9.17) is 4.98 Å². The quantitative estimate of drug-likeness (QED) is 0.762. The molecule has 2 heterocycles. The maximum atomic E-state index is 4.73. The molecule has 19 heavy (non-hydrogen) atoms. The number of aryl methyl sites for hydroxylation is 1. The van der Waals surface area contributed by atoms with Crippen LogP contribution >= 0.6 is 0 Å². The van der Waals surface area contributed by atoms with Gasteiger partial charge in [0.25, 0.3) is 0 Å². The van der Waals surface area contributed by atoms with Gasteiger partial charge in [0.2, 0.25) is 0 Å². The molecule has 3 rings (SSSR count). The predicted octanol–water partition coefficient (Wildman–Crippen LogP) is 3.97.